The van der Waals surface area contributed by atoms with Gasteiger partial charge in [-0.05, 0) is 51.6 Å². The summed E-state index contributed by atoms with van der Waals surface area (Å²) >= 11 is 0. The number of aryl methyl sites for hydroxylation is 1. The molecule has 0 saturated heterocycles. The number of aromatic hydroxyl groups is 1. The standard InChI is InChI=1S/C25H32O3/c1-16-13-18(15-17-9-8-10-20(23(17)28)24(2,3)4)19(11-12-22(26)27)21(14-16)25(5,6)7/h8-14,28H,15H2,1-7H3,(H,26,27). The predicted molar refractivity (Wildman–Crippen MR) is 116 cm³/mol. The zero-order valence-corrected chi connectivity index (χ0v) is 18.1. The van der Waals surface area contributed by atoms with Gasteiger partial charge in [0.2, 0.25) is 0 Å². The SMILES string of the molecule is Cc1cc(Cc2cccc(C(C)(C)C)c2O)c(C=CC(=O)O)c(C(C)(C)C)c1. The lowest BCUT2D eigenvalue weighted by Gasteiger charge is -2.26. The fraction of sp³-hybridized carbons (Fsp3) is 0.400. The monoisotopic (exact) mass is 380 g/mol. The molecule has 28 heavy (non-hydrogen) atoms. The molecule has 0 aliphatic carbocycles. The van der Waals surface area contributed by atoms with Crippen LogP contribution in [0.1, 0.15) is 74.9 Å². The highest BCUT2D eigenvalue weighted by Crippen LogP contribution is 2.36. The maximum atomic E-state index is 11.2. The summed E-state index contributed by atoms with van der Waals surface area (Å²) in [6.07, 6.45) is 3.41. The Morgan fingerprint density at radius 1 is 0.964 bits per heavy atom. The summed E-state index contributed by atoms with van der Waals surface area (Å²) in [6, 6.07) is 10.1. The van der Waals surface area contributed by atoms with Crippen LogP contribution in [0.2, 0.25) is 0 Å². The Bertz CT molecular complexity index is 907. The molecule has 0 amide bonds. The number of aliphatic carboxylic acids is 1. The third kappa shape index (κ3) is 5.03. The molecule has 0 bridgehead atoms. The second-order valence-corrected chi connectivity index (χ2v) is 9.55. The highest BCUT2D eigenvalue weighted by atomic mass is 16.4. The fourth-order valence-corrected chi connectivity index (χ4v) is 3.54. The third-order valence-electron chi connectivity index (χ3n) is 4.92. The van der Waals surface area contributed by atoms with Gasteiger partial charge < -0.3 is 10.2 Å². The van der Waals surface area contributed by atoms with Crippen molar-refractivity contribution in [3.63, 3.8) is 0 Å². The topological polar surface area (TPSA) is 57.5 Å². The Balaban J connectivity index is 2.66. The van der Waals surface area contributed by atoms with Crippen molar-refractivity contribution in [1.82, 2.24) is 0 Å². The summed E-state index contributed by atoms with van der Waals surface area (Å²) in [7, 11) is 0. The Morgan fingerprint density at radius 3 is 2.11 bits per heavy atom. The maximum Gasteiger partial charge on any atom is 0.328 e. The van der Waals surface area contributed by atoms with Crippen LogP contribution < -0.4 is 0 Å². The lowest BCUT2D eigenvalue weighted by Crippen LogP contribution is -2.15. The lowest BCUT2D eigenvalue weighted by atomic mass is 9.79. The van der Waals surface area contributed by atoms with Crippen LogP contribution in [0.15, 0.2) is 36.4 Å². The number of benzene rings is 2. The molecule has 0 saturated carbocycles. The fourth-order valence-electron chi connectivity index (χ4n) is 3.54. The van der Waals surface area contributed by atoms with Gasteiger partial charge in [-0.15, -0.1) is 0 Å². The summed E-state index contributed by atoms with van der Waals surface area (Å²) in [5, 5.41) is 20.0. The van der Waals surface area contributed by atoms with E-state index in [2.05, 4.69) is 60.6 Å². The van der Waals surface area contributed by atoms with Crippen molar-refractivity contribution in [1.29, 1.82) is 0 Å². The predicted octanol–water partition coefficient (Wildman–Crippen LogP) is 5.98. The number of phenolic OH excluding ortho intramolecular Hbond substituents is 1. The number of carboxylic acids is 1. The normalized spacial score (nSPS) is 12.5. The Kier molecular flexibility index (Phi) is 6.08. The molecular weight excluding hydrogens is 348 g/mol. The molecule has 0 spiro atoms. The zero-order chi connectivity index (χ0) is 21.3. The molecule has 2 aromatic carbocycles. The first-order valence-corrected chi connectivity index (χ1v) is 9.67. The first-order valence-electron chi connectivity index (χ1n) is 9.67. The van der Waals surface area contributed by atoms with Crippen molar-refractivity contribution in [3.05, 3.63) is 69.8 Å². The molecule has 2 rings (SSSR count). The average Bonchev–Trinajstić information content (AvgIpc) is 2.53. The van der Waals surface area contributed by atoms with E-state index in [0.29, 0.717) is 12.2 Å². The van der Waals surface area contributed by atoms with Gasteiger partial charge in [0.25, 0.3) is 0 Å². The van der Waals surface area contributed by atoms with E-state index in [1.807, 2.05) is 18.2 Å². The van der Waals surface area contributed by atoms with E-state index in [4.69, 9.17) is 5.11 Å². The summed E-state index contributed by atoms with van der Waals surface area (Å²) in [5.74, 6) is -0.647. The van der Waals surface area contributed by atoms with Gasteiger partial charge in [-0.1, -0.05) is 77.4 Å². The van der Waals surface area contributed by atoms with E-state index in [1.165, 1.54) is 6.08 Å². The first kappa shape index (κ1) is 21.7. The van der Waals surface area contributed by atoms with E-state index >= 15 is 0 Å². The van der Waals surface area contributed by atoms with E-state index in [0.717, 1.165) is 33.4 Å². The van der Waals surface area contributed by atoms with Crippen LogP contribution in [-0.4, -0.2) is 16.2 Å². The lowest BCUT2D eigenvalue weighted by molar-refractivity contribution is -0.131. The smallest absolute Gasteiger partial charge is 0.328 e. The van der Waals surface area contributed by atoms with Gasteiger partial charge in [-0.2, -0.15) is 0 Å². The van der Waals surface area contributed by atoms with Crippen molar-refractivity contribution in [2.75, 3.05) is 0 Å². The van der Waals surface area contributed by atoms with Crippen LogP contribution in [0.5, 0.6) is 5.75 Å². The van der Waals surface area contributed by atoms with Crippen molar-refractivity contribution < 1.29 is 15.0 Å². The van der Waals surface area contributed by atoms with Gasteiger partial charge in [0.05, 0.1) is 0 Å². The number of para-hydroxylation sites is 1. The van der Waals surface area contributed by atoms with E-state index in [9.17, 15) is 9.90 Å². The molecule has 0 unspecified atom stereocenters. The molecule has 0 aliphatic rings. The molecule has 0 heterocycles. The van der Waals surface area contributed by atoms with Crippen LogP contribution in [0, 0.1) is 6.92 Å². The number of phenols is 1. The minimum absolute atomic E-state index is 0.131. The number of hydrogen-bond acceptors (Lipinski definition) is 2. The molecule has 2 aromatic rings. The molecule has 0 fully saturated rings. The Morgan fingerprint density at radius 2 is 1.57 bits per heavy atom. The molecule has 0 aliphatic heterocycles. The summed E-state index contributed by atoms with van der Waals surface area (Å²) in [6.45, 7) is 14.7. The van der Waals surface area contributed by atoms with Gasteiger partial charge in [0, 0.05) is 12.5 Å². The highest BCUT2D eigenvalue weighted by molar-refractivity contribution is 5.86. The number of carbonyl (C=O) groups is 1. The second kappa shape index (κ2) is 7.83. The van der Waals surface area contributed by atoms with E-state index < -0.39 is 5.97 Å². The van der Waals surface area contributed by atoms with Gasteiger partial charge in [0.1, 0.15) is 5.75 Å². The van der Waals surface area contributed by atoms with Gasteiger partial charge in [0.15, 0.2) is 0 Å². The molecule has 150 valence electrons. The largest absolute Gasteiger partial charge is 0.507 e. The Hall–Kier alpha value is -2.55. The minimum Gasteiger partial charge on any atom is -0.507 e. The van der Waals surface area contributed by atoms with Crippen LogP contribution in [0.4, 0.5) is 0 Å². The molecular formula is C25H32O3. The average molecular weight is 381 g/mol. The molecule has 0 radical (unpaired) electrons. The first-order chi connectivity index (χ1) is 12.8. The summed E-state index contributed by atoms with van der Waals surface area (Å²) < 4.78 is 0. The van der Waals surface area contributed by atoms with Gasteiger partial charge in [-0.25, -0.2) is 4.79 Å². The summed E-state index contributed by atoms with van der Waals surface area (Å²) in [4.78, 5) is 11.2. The van der Waals surface area contributed by atoms with Crippen molar-refractivity contribution in [2.45, 2.75) is 65.7 Å². The molecule has 2 N–H and O–H groups in total. The van der Waals surface area contributed by atoms with Gasteiger partial charge >= 0.3 is 5.97 Å². The van der Waals surface area contributed by atoms with E-state index in [-0.39, 0.29) is 10.8 Å². The molecule has 3 heteroatoms. The van der Waals surface area contributed by atoms with Crippen molar-refractivity contribution >= 4 is 12.0 Å². The maximum absolute atomic E-state index is 11.2. The Labute approximate surface area is 168 Å². The van der Waals surface area contributed by atoms with Crippen LogP contribution in [0.25, 0.3) is 6.08 Å². The third-order valence-corrected chi connectivity index (χ3v) is 4.92. The van der Waals surface area contributed by atoms with Crippen LogP contribution in [0.3, 0.4) is 0 Å². The van der Waals surface area contributed by atoms with Crippen molar-refractivity contribution in [3.8, 4) is 5.75 Å². The quantitative estimate of drug-likeness (QED) is 0.641. The number of hydrogen-bond donors (Lipinski definition) is 2. The van der Waals surface area contributed by atoms with Crippen LogP contribution >= 0.6 is 0 Å². The molecule has 3 nitrogen and oxygen atoms in total. The number of carboxylic acid groups (broad SMARTS) is 1. The molecule has 0 atom stereocenters. The van der Waals surface area contributed by atoms with E-state index in [1.54, 1.807) is 6.08 Å². The number of rotatable bonds is 4. The minimum atomic E-state index is -0.969. The van der Waals surface area contributed by atoms with Crippen molar-refractivity contribution in [2.24, 2.45) is 0 Å². The zero-order valence-electron chi connectivity index (χ0n) is 18.1. The van der Waals surface area contributed by atoms with Gasteiger partial charge in [-0.3, -0.25) is 0 Å². The molecule has 0 aromatic heterocycles. The second-order valence-electron chi connectivity index (χ2n) is 9.55. The highest BCUT2D eigenvalue weighted by Gasteiger charge is 2.23. The summed E-state index contributed by atoms with van der Waals surface area (Å²) in [5.41, 5.74) is 5.64. The van der Waals surface area contributed by atoms with Crippen LogP contribution in [-0.2, 0) is 22.0 Å².